The fraction of sp³-hybridized carbons (Fsp3) is 0.647. The predicted molar refractivity (Wildman–Crippen MR) is 80.4 cm³/mol. The standard InChI is InChI=1S/C17H26N2/c1-4-18-15-8-9-16-17-13(6-5-7-14(15)17)10-11-19(16)12(2)3/h5-7,12,15-16,18H,4,8-11H2,1-3H3. The summed E-state index contributed by atoms with van der Waals surface area (Å²) in [6, 6.07) is 8.84. The smallest absolute Gasteiger partial charge is 0.0357 e. The first kappa shape index (κ1) is 13.1. The van der Waals surface area contributed by atoms with E-state index in [0.717, 1.165) is 6.54 Å². The maximum absolute atomic E-state index is 3.66. The molecule has 3 rings (SSSR count). The van der Waals surface area contributed by atoms with Crippen molar-refractivity contribution < 1.29 is 0 Å². The van der Waals surface area contributed by atoms with Gasteiger partial charge in [0.2, 0.25) is 0 Å². The lowest BCUT2D eigenvalue weighted by Gasteiger charge is -2.45. The molecule has 0 bridgehead atoms. The van der Waals surface area contributed by atoms with E-state index in [-0.39, 0.29) is 0 Å². The van der Waals surface area contributed by atoms with Crippen LogP contribution in [0.5, 0.6) is 0 Å². The molecule has 2 atom stereocenters. The number of nitrogens with one attached hydrogen (secondary N) is 1. The highest BCUT2D eigenvalue weighted by molar-refractivity contribution is 5.43. The molecule has 2 nitrogen and oxygen atoms in total. The maximum Gasteiger partial charge on any atom is 0.0357 e. The first-order chi connectivity index (χ1) is 9.22. The van der Waals surface area contributed by atoms with Crippen molar-refractivity contribution in [3.05, 3.63) is 34.9 Å². The van der Waals surface area contributed by atoms with E-state index in [2.05, 4.69) is 49.2 Å². The van der Waals surface area contributed by atoms with Crippen LogP contribution >= 0.6 is 0 Å². The first-order valence-electron chi connectivity index (χ1n) is 7.83. The fourth-order valence-corrected chi connectivity index (χ4v) is 4.00. The highest BCUT2D eigenvalue weighted by Gasteiger charge is 2.35. The van der Waals surface area contributed by atoms with Gasteiger partial charge in [-0.2, -0.15) is 0 Å². The Morgan fingerprint density at radius 3 is 2.89 bits per heavy atom. The Bertz CT molecular complexity index is 453. The number of nitrogens with zero attached hydrogens (tertiary/aromatic N) is 1. The van der Waals surface area contributed by atoms with Crippen LogP contribution in [0.3, 0.4) is 0 Å². The molecule has 1 aromatic rings. The average molecular weight is 258 g/mol. The molecule has 2 unspecified atom stereocenters. The van der Waals surface area contributed by atoms with Gasteiger partial charge < -0.3 is 5.32 Å². The molecule has 2 heteroatoms. The van der Waals surface area contributed by atoms with Crippen molar-refractivity contribution >= 4 is 0 Å². The Morgan fingerprint density at radius 2 is 2.16 bits per heavy atom. The molecule has 104 valence electrons. The summed E-state index contributed by atoms with van der Waals surface area (Å²) in [6.45, 7) is 9.17. The summed E-state index contributed by atoms with van der Waals surface area (Å²) in [5.74, 6) is 0. The average Bonchev–Trinajstić information content (AvgIpc) is 2.42. The van der Waals surface area contributed by atoms with Crippen LogP contribution < -0.4 is 5.32 Å². The second-order valence-corrected chi connectivity index (χ2v) is 6.21. The summed E-state index contributed by atoms with van der Waals surface area (Å²) in [4.78, 5) is 2.70. The van der Waals surface area contributed by atoms with Crippen LogP contribution in [0.4, 0.5) is 0 Å². The van der Waals surface area contributed by atoms with Crippen LogP contribution in [-0.4, -0.2) is 24.0 Å². The van der Waals surface area contributed by atoms with Crippen molar-refractivity contribution in [1.29, 1.82) is 0 Å². The van der Waals surface area contributed by atoms with Gasteiger partial charge in [0.1, 0.15) is 0 Å². The monoisotopic (exact) mass is 258 g/mol. The molecule has 1 aliphatic heterocycles. The first-order valence-corrected chi connectivity index (χ1v) is 7.83. The summed E-state index contributed by atoms with van der Waals surface area (Å²) in [5, 5.41) is 3.66. The van der Waals surface area contributed by atoms with Gasteiger partial charge in [-0.05, 0) is 56.3 Å². The van der Waals surface area contributed by atoms with Crippen LogP contribution in [0.2, 0.25) is 0 Å². The molecular weight excluding hydrogens is 232 g/mol. The van der Waals surface area contributed by atoms with E-state index in [4.69, 9.17) is 0 Å². The van der Waals surface area contributed by atoms with Crippen molar-refractivity contribution in [3.63, 3.8) is 0 Å². The van der Waals surface area contributed by atoms with E-state index >= 15 is 0 Å². The fourth-order valence-electron chi connectivity index (χ4n) is 4.00. The van der Waals surface area contributed by atoms with Crippen molar-refractivity contribution in [2.75, 3.05) is 13.1 Å². The molecule has 19 heavy (non-hydrogen) atoms. The van der Waals surface area contributed by atoms with Crippen molar-refractivity contribution in [1.82, 2.24) is 10.2 Å². The second-order valence-electron chi connectivity index (χ2n) is 6.21. The molecule has 0 saturated carbocycles. The van der Waals surface area contributed by atoms with E-state index in [1.54, 1.807) is 16.7 Å². The zero-order valence-corrected chi connectivity index (χ0v) is 12.4. The molecule has 2 aliphatic rings. The summed E-state index contributed by atoms with van der Waals surface area (Å²) in [5.41, 5.74) is 4.82. The second kappa shape index (κ2) is 5.26. The molecule has 0 fully saturated rings. The lowest BCUT2D eigenvalue weighted by molar-refractivity contribution is 0.121. The third-order valence-corrected chi connectivity index (χ3v) is 4.82. The van der Waals surface area contributed by atoms with Gasteiger partial charge in [-0.15, -0.1) is 0 Å². The number of benzene rings is 1. The van der Waals surface area contributed by atoms with Crippen molar-refractivity contribution in [2.45, 2.75) is 58.2 Å². The molecule has 0 radical (unpaired) electrons. The predicted octanol–water partition coefficient (Wildman–Crippen LogP) is 3.44. The maximum atomic E-state index is 3.66. The summed E-state index contributed by atoms with van der Waals surface area (Å²) in [6.07, 6.45) is 3.80. The number of hydrogen-bond acceptors (Lipinski definition) is 2. The lowest BCUT2D eigenvalue weighted by Crippen LogP contribution is -2.43. The van der Waals surface area contributed by atoms with Crippen molar-refractivity contribution in [2.24, 2.45) is 0 Å². The van der Waals surface area contributed by atoms with Gasteiger partial charge in [0.25, 0.3) is 0 Å². The molecule has 0 saturated heterocycles. The SMILES string of the molecule is CCNC1CCC2c3c(cccc31)CCN2C(C)C. The van der Waals surface area contributed by atoms with Gasteiger partial charge in [-0.3, -0.25) is 4.90 Å². The number of rotatable bonds is 3. The quantitative estimate of drug-likeness (QED) is 0.893. The van der Waals surface area contributed by atoms with E-state index in [1.807, 2.05) is 0 Å². The summed E-state index contributed by atoms with van der Waals surface area (Å²) < 4.78 is 0. The van der Waals surface area contributed by atoms with Crippen LogP contribution in [0.1, 0.15) is 62.4 Å². The van der Waals surface area contributed by atoms with Gasteiger partial charge in [0, 0.05) is 24.7 Å². The van der Waals surface area contributed by atoms with Crippen LogP contribution in [0, 0.1) is 0 Å². The normalized spacial score (nSPS) is 26.5. The highest BCUT2D eigenvalue weighted by atomic mass is 15.2. The Hall–Kier alpha value is -0.860. The summed E-state index contributed by atoms with van der Waals surface area (Å²) in [7, 11) is 0. The third-order valence-electron chi connectivity index (χ3n) is 4.82. The minimum absolute atomic E-state index is 0.573. The van der Waals surface area contributed by atoms with E-state index in [0.29, 0.717) is 18.1 Å². The minimum Gasteiger partial charge on any atom is -0.310 e. The Balaban J connectivity index is 2.02. The molecule has 1 heterocycles. The van der Waals surface area contributed by atoms with E-state index in [1.165, 1.54) is 25.8 Å². The van der Waals surface area contributed by atoms with Gasteiger partial charge in [-0.1, -0.05) is 25.1 Å². The minimum atomic E-state index is 0.573. The number of hydrogen-bond donors (Lipinski definition) is 1. The molecule has 1 N–H and O–H groups in total. The Morgan fingerprint density at radius 1 is 1.32 bits per heavy atom. The zero-order valence-electron chi connectivity index (χ0n) is 12.4. The van der Waals surface area contributed by atoms with Crippen LogP contribution in [0.25, 0.3) is 0 Å². The Kier molecular flexibility index (Phi) is 3.64. The Labute approximate surface area is 117 Å². The molecule has 1 aromatic carbocycles. The van der Waals surface area contributed by atoms with E-state index in [9.17, 15) is 0 Å². The molecular formula is C17H26N2. The molecule has 0 spiro atoms. The van der Waals surface area contributed by atoms with Gasteiger partial charge >= 0.3 is 0 Å². The van der Waals surface area contributed by atoms with Crippen molar-refractivity contribution in [3.8, 4) is 0 Å². The summed E-state index contributed by atoms with van der Waals surface area (Å²) >= 11 is 0. The van der Waals surface area contributed by atoms with Gasteiger partial charge in [0.05, 0.1) is 0 Å². The molecule has 0 aromatic heterocycles. The molecule has 0 amide bonds. The van der Waals surface area contributed by atoms with Crippen LogP contribution in [-0.2, 0) is 6.42 Å². The molecule has 1 aliphatic carbocycles. The topological polar surface area (TPSA) is 15.3 Å². The van der Waals surface area contributed by atoms with Crippen LogP contribution in [0.15, 0.2) is 18.2 Å². The zero-order chi connectivity index (χ0) is 13.4. The lowest BCUT2D eigenvalue weighted by atomic mass is 9.77. The van der Waals surface area contributed by atoms with E-state index < -0.39 is 0 Å². The largest absolute Gasteiger partial charge is 0.310 e. The third kappa shape index (κ3) is 2.21. The van der Waals surface area contributed by atoms with Gasteiger partial charge in [0.15, 0.2) is 0 Å². The highest BCUT2D eigenvalue weighted by Crippen LogP contribution is 2.44. The van der Waals surface area contributed by atoms with Gasteiger partial charge in [-0.25, -0.2) is 0 Å².